The highest BCUT2D eigenvalue weighted by Crippen LogP contribution is 2.30. The maximum Gasteiger partial charge on any atom is 0.248 e. The molecule has 0 aliphatic carbocycles. The number of hydrogen-bond donors (Lipinski definition) is 1. The van der Waals surface area contributed by atoms with Crippen molar-refractivity contribution in [1.82, 2.24) is 15.0 Å². The van der Waals surface area contributed by atoms with Crippen molar-refractivity contribution in [3.63, 3.8) is 0 Å². The van der Waals surface area contributed by atoms with Crippen molar-refractivity contribution >= 4 is 10.9 Å². The first-order chi connectivity index (χ1) is 12.1. The van der Waals surface area contributed by atoms with Gasteiger partial charge in [-0.25, -0.2) is 9.97 Å². The van der Waals surface area contributed by atoms with Gasteiger partial charge in [-0.2, -0.15) is 0 Å². The third-order valence-corrected chi connectivity index (χ3v) is 4.21. The number of benzene rings is 2. The van der Waals surface area contributed by atoms with E-state index in [1.807, 2.05) is 31.2 Å². The van der Waals surface area contributed by atoms with Crippen LogP contribution in [0.4, 0.5) is 0 Å². The monoisotopic (exact) mass is 327 g/mol. The molecule has 0 fully saturated rings. The molecule has 0 saturated heterocycles. The largest absolute Gasteiger partial charge is 0.329 e. The van der Waals surface area contributed by atoms with Crippen LogP contribution in [-0.2, 0) is 0 Å². The fourth-order valence-corrected chi connectivity index (χ4v) is 3.06. The minimum atomic E-state index is -0.114. The Morgan fingerprint density at radius 1 is 0.840 bits per heavy atom. The fraction of sp³-hybridized carbons (Fsp3) is 0.0952. The molecule has 0 unspecified atom stereocenters. The summed E-state index contributed by atoms with van der Waals surface area (Å²) in [7, 11) is 0. The van der Waals surface area contributed by atoms with E-state index in [4.69, 9.17) is 0 Å². The Kier molecular flexibility index (Phi) is 3.65. The van der Waals surface area contributed by atoms with E-state index >= 15 is 0 Å². The van der Waals surface area contributed by atoms with Crippen LogP contribution in [0.2, 0.25) is 0 Å². The van der Waals surface area contributed by atoms with E-state index in [1.54, 1.807) is 12.3 Å². The fourth-order valence-electron chi connectivity index (χ4n) is 3.06. The highest BCUT2D eigenvalue weighted by atomic mass is 16.1. The predicted molar refractivity (Wildman–Crippen MR) is 101 cm³/mol. The van der Waals surface area contributed by atoms with Crippen LogP contribution in [0.15, 0.2) is 65.6 Å². The summed E-state index contributed by atoms with van der Waals surface area (Å²) in [6, 6.07) is 17.8. The zero-order valence-electron chi connectivity index (χ0n) is 14.1. The van der Waals surface area contributed by atoms with Crippen LogP contribution in [0.3, 0.4) is 0 Å². The molecule has 25 heavy (non-hydrogen) atoms. The molecule has 4 aromatic rings. The molecule has 0 atom stereocenters. The Labute approximate surface area is 145 Å². The molecule has 0 aliphatic rings. The lowest BCUT2D eigenvalue weighted by atomic mass is 10.00. The molecule has 0 spiro atoms. The molecular weight excluding hydrogens is 310 g/mol. The predicted octanol–water partition coefficient (Wildman–Crippen LogP) is 4.27. The zero-order valence-corrected chi connectivity index (χ0v) is 14.1. The Balaban J connectivity index is 1.99. The Hall–Kier alpha value is -3.27. The topological polar surface area (TPSA) is 58.6 Å². The lowest BCUT2D eigenvalue weighted by Gasteiger charge is -2.10. The number of pyridine rings is 1. The van der Waals surface area contributed by atoms with E-state index in [-0.39, 0.29) is 5.56 Å². The number of aromatic nitrogens is 3. The SMILES string of the molecule is Cc1cccc(-c2nc(C)nc3ccc(-c4cc[nH]c(=O)c4)cc23)c1. The molecule has 2 aromatic heterocycles. The quantitative estimate of drug-likeness (QED) is 0.598. The average Bonchev–Trinajstić information content (AvgIpc) is 2.60. The van der Waals surface area contributed by atoms with Crippen LogP contribution in [0.5, 0.6) is 0 Å². The zero-order chi connectivity index (χ0) is 17.4. The van der Waals surface area contributed by atoms with E-state index < -0.39 is 0 Å². The summed E-state index contributed by atoms with van der Waals surface area (Å²) in [6.07, 6.45) is 1.66. The van der Waals surface area contributed by atoms with Crippen LogP contribution in [0, 0.1) is 13.8 Å². The number of H-pyrrole nitrogens is 1. The highest BCUT2D eigenvalue weighted by molar-refractivity contribution is 5.95. The number of hydrogen-bond acceptors (Lipinski definition) is 3. The number of nitrogens with zero attached hydrogens (tertiary/aromatic N) is 2. The van der Waals surface area contributed by atoms with Gasteiger partial charge in [-0.1, -0.05) is 29.8 Å². The van der Waals surface area contributed by atoms with Gasteiger partial charge >= 0.3 is 0 Å². The molecule has 2 heterocycles. The van der Waals surface area contributed by atoms with Gasteiger partial charge < -0.3 is 4.98 Å². The second-order valence-electron chi connectivity index (χ2n) is 6.16. The van der Waals surface area contributed by atoms with Crippen LogP contribution < -0.4 is 5.56 Å². The van der Waals surface area contributed by atoms with E-state index in [1.165, 1.54) is 5.56 Å². The first-order valence-corrected chi connectivity index (χ1v) is 8.15. The summed E-state index contributed by atoms with van der Waals surface area (Å²) >= 11 is 0. The Morgan fingerprint density at radius 2 is 1.68 bits per heavy atom. The minimum Gasteiger partial charge on any atom is -0.329 e. The van der Waals surface area contributed by atoms with E-state index in [0.29, 0.717) is 0 Å². The third kappa shape index (κ3) is 2.94. The molecule has 4 nitrogen and oxygen atoms in total. The van der Waals surface area contributed by atoms with Crippen LogP contribution in [0.1, 0.15) is 11.4 Å². The van der Waals surface area contributed by atoms with Gasteiger partial charge in [-0.3, -0.25) is 4.79 Å². The van der Waals surface area contributed by atoms with Gasteiger partial charge in [0.15, 0.2) is 0 Å². The number of fused-ring (bicyclic) bond motifs is 1. The molecular formula is C21H17N3O. The van der Waals surface area contributed by atoms with Crippen molar-refractivity contribution in [2.75, 3.05) is 0 Å². The average molecular weight is 327 g/mol. The summed E-state index contributed by atoms with van der Waals surface area (Å²) in [6.45, 7) is 3.98. The molecule has 122 valence electrons. The molecule has 4 heteroatoms. The highest BCUT2D eigenvalue weighted by Gasteiger charge is 2.10. The van der Waals surface area contributed by atoms with Crippen molar-refractivity contribution in [3.05, 3.63) is 82.5 Å². The molecule has 4 rings (SSSR count). The third-order valence-electron chi connectivity index (χ3n) is 4.21. The molecule has 0 saturated carbocycles. The van der Waals surface area contributed by atoms with Gasteiger partial charge in [-0.15, -0.1) is 0 Å². The van der Waals surface area contributed by atoms with Gasteiger partial charge in [0.05, 0.1) is 11.2 Å². The molecule has 1 N–H and O–H groups in total. The number of aromatic amines is 1. The Bertz CT molecular complexity index is 1150. The van der Waals surface area contributed by atoms with E-state index in [0.717, 1.165) is 39.1 Å². The first-order valence-electron chi connectivity index (χ1n) is 8.15. The molecule has 0 aliphatic heterocycles. The van der Waals surface area contributed by atoms with Crippen molar-refractivity contribution in [2.24, 2.45) is 0 Å². The summed E-state index contributed by atoms with van der Waals surface area (Å²) in [5.74, 6) is 0.743. The maximum atomic E-state index is 11.6. The number of rotatable bonds is 2. The lowest BCUT2D eigenvalue weighted by Crippen LogP contribution is -2.02. The maximum absolute atomic E-state index is 11.6. The Morgan fingerprint density at radius 3 is 2.48 bits per heavy atom. The summed E-state index contributed by atoms with van der Waals surface area (Å²) in [5, 5.41) is 0.981. The normalized spacial score (nSPS) is 11.0. The molecule has 0 amide bonds. The van der Waals surface area contributed by atoms with Crippen molar-refractivity contribution < 1.29 is 0 Å². The summed E-state index contributed by atoms with van der Waals surface area (Å²) in [4.78, 5) is 23.5. The van der Waals surface area contributed by atoms with Crippen LogP contribution >= 0.6 is 0 Å². The molecule has 0 bridgehead atoms. The lowest BCUT2D eigenvalue weighted by molar-refractivity contribution is 1.10. The van der Waals surface area contributed by atoms with E-state index in [9.17, 15) is 4.79 Å². The number of nitrogens with one attached hydrogen (secondary N) is 1. The first kappa shape index (κ1) is 15.3. The minimum absolute atomic E-state index is 0.114. The van der Waals surface area contributed by atoms with Crippen LogP contribution in [-0.4, -0.2) is 15.0 Å². The van der Waals surface area contributed by atoms with Crippen molar-refractivity contribution in [3.8, 4) is 22.4 Å². The second kappa shape index (κ2) is 5.98. The van der Waals surface area contributed by atoms with Crippen LogP contribution in [0.25, 0.3) is 33.3 Å². The van der Waals surface area contributed by atoms with Gasteiger partial charge in [0.1, 0.15) is 5.82 Å². The van der Waals surface area contributed by atoms with Gasteiger partial charge in [0.2, 0.25) is 5.56 Å². The molecule has 0 radical (unpaired) electrons. The van der Waals surface area contributed by atoms with Gasteiger partial charge in [-0.05, 0) is 49.2 Å². The smallest absolute Gasteiger partial charge is 0.248 e. The van der Waals surface area contributed by atoms with E-state index in [2.05, 4.69) is 46.1 Å². The van der Waals surface area contributed by atoms with Crippen molar-refractivity contribution in [2.45, 2.75) is 13.8 Å². The standard InChI is InChI=1S/C21H17N3O/c1-13-4-3-5-17(10-13)21-18-11-15(16-8-9-22-20(25)12-16)6-7-19(18)23-14(2)24-21/h3-12H,1-2H3,(H,22,25). The van der Waals surface area contributed by atoms with Crippen molar-refractivity contribution in [1.29, 1.82) is 0 Å². The number of aryl methyl sites for hydroxylation is 2. The van der Waals surface area contributed by atoms with Gasteiger partial charge in [0.25, 0.3) is 0 Å². The summed E-state index contributed by atoms with van der Waals surface area (Å²) in [5.41, 5.74) is 5.81. The molecule has 2 aromatic carbocycles. The second-order valence-corrected chi connectivity index (χ2v) is 6.16. The summed E-state index contributed by atoms with van der Waals surface area (Å²) < 4.78 is 0. The van der Waals surface area contributed by atoms with Gasteiger partial charge in [0, 0.05) is 23.2 Å².